The van der Waals surface area contributed by atoms with Crippen molar-refractivity contribution in [2.75, 3.05) is 7.11 Å². The van der Waals surface area contributed by atoms with Crippen LogP contribution in [0.4, 0.5) is 4.79 Å². The highest BCUT2D eigenvalue weighted by molar-refractivity contribution is 5.72. The standard InChI is InChI=1S/C15H21NO4.2C2H6/c1-15(2,3)20-14(18)16-10-12-7-5-6-11(8-12)9-13(17)19-4;2*1-2/h5-8H,9-10H2,1-4H3,(H,16,18);2*1-2H3. The molecule has 1 rings (SSSR count). The Kier molecular flexibility index (Phi) is 13.5. The maximum Gasteiger partial charge on any atom is 0.407 e. The summed E-state index contributed by atoms with van der Waals surface area (Å²) in [6, 6.07) is 7.41. The second-order valence-electron chi connectivity index (χ2n) is 5.43. The van der Waals surface area contributed by atoms with Gasteiger partial charge in [-0.1, -0.05) is 52.0 Å². The van der Waals surface area contributed by atoms with Gasteiger partial charge in [-0.15, -0.1) is 0 Å². The number of alkyl carbamates (subject to hydrolysis) is 1. The van der Waals surface area contributed by atoms with Crippen molar-refractivity contribution >= 4 is 12.1 Å². The third kappa shape index (κ3) is 12.5. The Balaban J connectivity index is 0. The summed E-state index contributed by atoms with van der Waals surface area (Å²) >= 11 is 0. The largest absolute Gasteiger partial charge is 0.469 e. The molecule has 24 heavy (non-hydrogen) atoms. The number of carbonyl (C=O) groups excluding carboxylic acids is 2. The normalized spacial score (nSPS) is 9.50. The molecule has 0 aromatic heterocycles. The highest BCUT2D eigenvalue weighted by atomic mass is 16.6. The molecule has 0 atom stereocenters. The monoisotopic (exact) mass is 339 g/mol. The molecule has 1 aromatic carbocycles. The van der Waals surface area contributed by atoms with Gasteiger partial charge in [-0.25, -0.2) is 4.79 Å². The van der Waals surface area contributed by atoms with Crippen molar-refractivity contribution < 1.29 is 19.1 Å². The molecular formula is C19H33NO4. The summed E-state index contributed by atoms with van der Waals surface area (Å²) in [7, 11) is 1.36. The van der Waals surface area contributed by atoms with Crippen molar-refractivity contribution in [2.24, 2.45) is 0 Å². The molecule has 0 bridgehead atoms. The van der Waals surface area contributed by atoms with Crippen LogP contribution in [0.3, 0.4) is 0 Å². The smallest absolute Gasteiger partial charge is 0.407 e. The molecule has 0 fully saturated rings. The molecule has 5 heteroatoms. The summed E-state index contributed by atoms with van der Waals surface area (Å²) in [6.45, 7) is 13.8. The highest BCUT2D eigenvalue weighted by Gasteiger charge is 2.15. The average Bonchev–Trinajstić information content (AvgIpc) is 2.55. The van der Waals surface area contributed by atoms with Gasteiger partial charge in [0.1, 0.15) is 5.60 Å². The molecule has 0 saturated heterocycles. The molecule has 0 aliphatic rings. The number of benzene rings is 1. The Labute approximate surface area is 146 Å². The fourth-order valence-corrected chi connectivity index (χ4v) is 1.58. The van der Waals surface area contributed by atoms with Crippen molar-refractivity contribution in [3.05, 3.63) is 35.4 Å². The first-order valence-corrected chi connectivity index (χ1v) is 8.41. The van der Waals surface area contributed by atoms with E-state index in [4.69, 9.17) is 4.74 Å². The molecule has 0 aliphatic carbocycles. The number of amides is 1. The van der Waals surface area contributed by atoms with E-state index in [-0.39, 0.29) is 12.4 Å². The minimum atomic E-state index is -0.517. The van der Waals surface area contributed by atoms with E-state index >= 15 is 0 Å². The highest BCUT2D eigenvalue weighted by Crippen LogP contribution is 2.09. The summed E-state index contributed by atoms with van der Waals surface area (Å²) in [5.74, 6) is -0.290. The maximum atomic E-state index is 11.5. The third-order valence-electron chi connectivity index (χ3n) is 2.40. The van der Waals surface area contributed by atoms with Crippen molar-refractivity contribution in [1.82, 2.24) is 5.32 Å². The van der Waals surface area contributed by atoms with Crippen molar-refractivity contribution in [3.8, 4) is 0 Å². The van der Waals surface area contributed by atoms with Gasteiger partial charge in [-0.05, 0) is 31.9 Å². The number of hydrogen-bond acceptors (Lipinski definition) is 4. The van der Waals surface area contributed by atoms with Gasteiger partial charge >= 0.3 is 12.1 Å². The number of hydrogen-bond donors (Lipinski definition) is 1. The summed E-state index contributed by atoms with van der Waals surface area (Å²) in [4.78, 5) is 22.7. The predicted octanol–water partition coefficient (Wildman–Crippen LogP) is 4.48. The van der Waals surface area contributed by atoms with Gasteiger partial charge in [0.2, 0.25) is 0 Å². The van der Waals surface area contributed by atoms with Gasteiger partial charge in [0, 0.05) is 6.54 Å². The van der Waals surface area contributed by atoms with Crippen LogP contribution < -0.4 is 5.32 Å². The van der Waals surface area contributed by atoms with Crippen LogP contribution in [0.15, 0.2) is 24.3 Å². The quantitative estimate of drug-likeness (QED) is 0.822. The molecule has 1 amide bonds. The van der Waals surface area contributed by atoms with Gasteiger partial charge in [0.15, 0.2) is 0 Å². The van der Waals surface area contributed by atoms with Crippen molar-refractivity contribution in [3.63, 3.8) is 0 Å². The number of ether oxygens (including phenoxy) is 2. The number of methoxy groups -OCH3 is 1. The van der Waals surface area contributed by atoms with Crippen LogP contribution in [-0.4, -0.2) is 24.8 Å². The van der Waals surface area contributed by atoms with E-state index in [2.05, 4.69) is 10.1 Å². The Morgan fingerprint density at radius 2 is 1.58 bits per heavy atom. The zero-order valence-electron chi connectivity index (χ0n) is 16.4. The van der Waals surface area contributed by atoms with Gasteiger partial charge in [0.25, 0.3) is 0 Å². The van der Waals surface area contributed by atoms with Gasteiger partial charge in [-0.2, -0.15) is 0 Å². The second-order valence-corrected chi connectivity index (χ2v) is 5.43. The van der Waals surface area contributed by atoms with E-state index < -0.39 is 11.7 Å². The number of esters is 1. The fraction of sp³-hybridized carbons (Fsp3) is 0.579. The molecule has 0 heterocycles. The zero-order chi connectivity index (χ0) is 19.2. The summed E-state index contributed by atoms with van der Waals surface area (Å²) in [5.41, 5.74) is 1.23. The van der Waals surface area contributed by atoms with Gasteiger partial charge < -0.3 is 14.8 Å². The van der Waals surface area contributed by atoms with Crippen molar-refractivity contribution in [1.29, 1.82) is 0 Å². The first-order chi connectivity index (χ1) is 11.3. The van der Waals surface area contributed by atoms with E-state index in [1.165, 1.54) is 7.11 Å². The summed E-state index contributed by atoms with van der Waals surface area (Å²) in [5, 5.41) is 2.67. The average molecular weight is 339 g/mol. The summed E-state index contributed by atoms with van der Waals surface area (Å²) in [6.07, 6.45) is -0.243. The molecule has 0 aliphatic heterocycles. The lowest BCUT2D eigenvalue weighted by Gasteiger charge is -2.19. The second kappa shape index (κ2) is 13.4. The third-order valence-corrected chi connectivity index (χ3v) is 2.40. The SMILES string of the molecule is CC.CC.COC(=O)Cc1cccc(CNC(=O)OC(C)(C)C)c1. The van der Waals surface area contributed by atoms with Crippen LogP contribution in [-0.2, 0) is 27.2 Å². The van der Waals surface area contributed by atoms with Crippen LogP contribution in [0.2, 0.25) is 0 Å². The molecule has 0 radical (unpaired) electrons. The van der Waals surface area contributed by atoms with Crippen LogP contribution in [0.1, 0.15) is 59.6 Å². The fourth-order valence-electron chi connectivity index (χ4n) is 1.58. The Bertz CT molecular complexity index is 479. The van der Waals surface area contributed by atoms with Crippen LogP contribution >= 0.6 is 0 Å². The maximum absolute atomic E-state index is 11.5. The predicted molar refractivity (Wildman–Crippen MR) is 97.9 cm³/mol. The van der Waals surface area contributed by atoms with Gasteiger partial charge in [-0.3, -0.25) is 4.79 Å². The molecule has 0 saturated carbocycles. The van der Waals surface area contributed by atoms with E-state index in [9.17, 15) is 9.59 Å². The molecule has 0 unspecified atom stereocenters. The Morgan fingerprint density at radius 1 is 1.04 bits per heavy atom. The van der Waals surface area contributed by atoms with E-state index in [0.29, 0.717) is 6.54 Å². The first-order valence-electron chi connectivity index (χ1n) is 8.41. The number of nitrogens with one attached hydrogen (secondary N) is 1. The first kappa shape index (κ1) is 24.2. The van der Waals surface area contributed by atoms with E-state index in [1.54, 1.807) is 0 Å². The topological polar surface area (TPSA) is 64.6 Å². The Morgan fingerprint density at radius 3 is 2.08 bits per heavy atom. The minimum Gasteiger partial charge on any atom is -0.469 e. The lowest BCUT2D eigenvalue weighted by molar-refractivity contribution is -0.139. The molecule has 0 spiro atoms. The Hall–Kier alpha value is -2.04. The van der Waals surface area contributed by atoms with Crippen LogP contribution in [0.25, 0.3) is 0 Å². The number of carbonyl (C=O) groups is 2. The zero-order valence-corrected chi connectivity index (χ0v) is 16.4. The summed E-state index contributed by atoms with van der Waals surface area (Å²) < 4.78 is 9.77. The number of rotatable bonds is 4. The van der Waals surface area contributed by atoms with E-state index in [0.717, 1.165) is 11.1 Å². The minimum absolute atomic E-state index is 0.219. The van der Waals surface area contributed by atoms with Crippen LogP contribution in [0, 0.1) is 0 Å². The molecule has 138 valence electrons. The molecule has 1 aromatic rings. The van der Waals surface area contributed by atoms with Gasteiger partial charge in [0.05, 0.1) is 13.5 Å². The molecule has 1 N–H and O–H groups in total. The van der Waals surface area contributed by atoms with Crippen LogP contribution in [0.5, 0.6) is 0 Å². The molecule has 5 nitrogen and oxygen atoms in total. The van der Waals surface area contributed by atoms with Crippen molar-refractivity contribution in [2.45, 2.75) is 67.0 Å². The lowest BCUT2D eigenvalue weighted by atomic mass is 10.1. The molecular weight excluding hydrogens is 306 g/mol. The lowest BCUT2D eigenvalue weighted by Crippen LogP contribution is -2.32. The van der Waals surface area contributed by atoms with E-state index in [1.807, 2.05) is 72.7 Å².